The van der Waals surface area contributed by atoms with Gasteiger partial charge in [0.25, 0.3) is 0 Å². The van der Waals surface area contributed by atoms with E-state index < -0.39 is 41.6 Å². The van der Waals surface area contributed by atoms with Crippen LogP contribution in [0.4, 0.5) is 0 Å². The Morgan fingerprint density at radius 1 is 1.29 bits per heavy atom. The number of fused-ring (bicyclic) bond motifs is 1. The molecule has 4 atom stereocenters. The molecule has 1 saturated carbocycles. The largest absolute Gasteiger partial charge is 0.469 e. The maximum atomic E-state index is 11.5. The summed E-state index contributed by atoms with van der Waals surface area (Å²) in [4.78, 5) is 45.2. The van der Waals surface area contributed by atoms with Crippen molar-refractivity contribution < 1.29 is 28.7 Å². The lowest BCUT2D eigenvalue weighted by Gasteiger charge is -2.30. The predicted octanol–water partition coefficient (Wildman–Crippen LogP) is -0.300. The molecule has 17 heavy (non-hydrogen) atoms. The zero-order valence-corrected chi connectivity index (χ0v) is 9.25. The Hall–Kier alpha value is -1.72. The number of carbonyl (C=O) groups is 4. The summed E-state index contributed by atoms with van der Waals surface area (Å²) >= 11 is 0. The average Bonchev–Trinajstić information content (AvgIpc) is 2.62. The van der Waals surface area contributed by atoms with Crippen molar-refractivity contribution in [1.82, 2.24) is 0 Å². The molecule has 2 fully saturated rings. The summed E-state index contributed by atoms with van der Waals surface area (Å²) in [7, 11) is 1.23. The molecule has 1 aliphatic carbocycles. The van der Waals surface area contributed by atoms with Crippen molar-refractivity contribution >= 4 is 24.2 Å². The molecule has 0 bridgehead atoms. The number of aldehydes is 1. The van der Waals surface area contributed by atoms with Gasteiger partial charge in [0.05, 0.1) is 24.9 Å². The molecule has 6 nitrogen and oxygen atoms in total. The van der Waals surface area contributed by atoms with Crippen molar-refractivity contribution in [2.24, 2.45) is 23.7 Å². The second-order valence-corrected chi connectivity index (χ2v) is 4.35. The Bertz CT molecular complexity index is 387. The molecule has 92 valence electrons. The molecule has 2 aliphatic rings. The molecular formula is C11H12O6. The van der Waals surface area contributed by atoms with E-state index in [4.69, 9.17) is 0 Å². The summed E-state index contributed by atoms with van der Waals surface area (Å²) in [5, 5.41) is 0. The first-order chi connectivity index (χ1) is 8.08. The molecule has 1 aliphatic heterocycles. The first-order valence-electron chi connectivity index (χ1n) is 5.37. The van der Waals surface area contributed by atoms with Crippen LogP contribution in [0.3, 0.4) is 0 Å². The molecule has 6 heteroatoms. The predicted molar refractivity (Wildman–Crippen MR) is 52.4 cm³/mol. The molecule has 1 saturated heterocycles. The van der Waals surface area contributed by atoms with E-state index in [1.807, 2.05) is 0 Å². The quantitative estimate of drug-likeness (QED) is 0.374. The van der Waals surface area contributed by atoms with E-state index in [1.165, 1.54) is 7.11 Å². The zero-order chi connectivity index (χ0) is 12.6. The Labute approximate surface area is 97.3 Å². The normalized spacial score (nSPS) is 36.1. The summed E-state index contributed by atoms with van der Waals surface area (Å²) in [5.41, 5.74) is 0. The number of methoxy groups -OCH3 is 1. The standard InChI is InChI=1S/C11H12O6/c1-16-9(13)6-3-8-7(2-5(6)4-12)10(14)17-11(8)15/h4-8H,2-3H2,1H3. The molecule has 0 aromatic rings. The summed E-state index contributed by atoms with van der Waals surface area (Å²) in [6.07, 6.45) is 0.970. The number of cyclic esters (lactones) is 2. The topological polar surface area (TPSA) is 86.7 Å². The van der Waals surface area contributed by atoms with Gasteiger partial charge in [-0.1, -0.05) is 0 Å². The van der Waals surface area contributed by atoms with Gasteiger partial charge in [0.1, 0.15) is 6.29 Å². The van der Waals surface area contributed by atoms with Crippen molar-refractivity contribution in [1.29, 1.82) is 0 Å². The maximum Gasteiger partial charge on any atom is 0.317 e. The minimum Gasteiger partial charge on any atom is -0.469 e. The number of rotatable bonds is 2. The molecule has 2 rings (SSSR count). The molecule has 1 heterocycles. The van der Waals surface area contributed by atoms with Gasteiger partial charge >= 0.3 is 17.9 Å². The van der Waals surface area contributed by atoms with E-state index in [9.17, 15) is 19.2 Å². The summed E-state index contributed by atoms with van der Waals surface area (Å²) in [5.74, 6) is -4.14. The van der Waals surface area contributed by atoms with Crippen LogP contribution in [-0.2, 0) is 28.7 Å². The fourth-order valence-corrected chi connectivity index (χ4v) is 2.58. The van der Waals surface area contributed by atoms with Gasteiger partial charge in [0.15, 0.2) is 0 Å². The molecule has 0 aromatic carbocycles. The van der Waals surface area contributed by atoms with E-state index >= 15 is 0 Å². The SMILES string of the molecule is COC(=O)C1CC2C(=O)OC(=O)C2CC1C=O. The number of esters is 3. The van der Waals surface area contributed by atoms with Crippen LogP contribution in [-0.4, -0.2) is 31.3 Å². The maximum absolute atomic E-state index is 11.5. The second kappa shape index (κ2) is 4.27. The van der Waals surface area contributed by atoms with Crippen LogP contribution in [0.15, 0.2) is 0 Å². The van der Waals surface area contributed by atoms with Crippen LogP contribution in [0.1, 0.15) is 12.8 Å². The minimum absolute atomic E-state index is 0.144. The van der Waals surface area contributed by atoms with Gasteiger partial charge in [-0.25, -0.2) is 0 Å². The lowest BCUT2D eigenvalue weighted by Crippen LogP contribution is -2.38. The number of hydrogen-bond acceptors (Lipinski definition) is 6. The highest BCUT2D eigenvalue weighted by atomic mass is 16.6. The Morgan fingerprint density at radius 3 is 2.41 bits per heavy atom. The van der Waals surface area contributed by atoms with Crippen LogP contribution >= 0.6 is 0 Å². The lowest BCUT2D eigenvalue weighted by molar-refractivity contribution is -0.153. The highest BCUT2D eigenvalue weighted by Gasteiger charge is 2.52. The van der Waals surface area contributed by atoms with E-state index in [0.29, 0.717) is 6.29 Å². The molecule has 0 aromatic heterocycles. The van der Waals surface area contributed by atoms with E-state index in [0.717, 1.165) is 0 Å². The van der Waals surface area contributed by atoms with Gasteiger partial charge in [0, 0.05) is 5.92 Å². The number of carbonyl (C=O) groups excluding carboxylic acids is 4. The Kier molecular flexibility index (Phi) is 2.95. The van der Waals surface area contributed by atoms with E-state index in [1.54, 1.807) is 0 Å². The van der Waals surface area contributed by atoms with Gasteiger partial charge in [-0.2, -0.15) is 0 Å². The monoisotopic (exact) mass is 240 g/mol. The van der Waals surface area contributed by atoms with Crippen molar-refractivity contribution in [3.8, 4) is 0 Å². The molecule has 0 radical (unpaired) electrons. The summed E-state index contributed by atoms with van der Waals surface area (Å²) < 4.78 is 9.11. The fraction of sp³-hybridized carbons (Fsp3) is 0.636. The Morgan fingerprint density at radius 2 is 1.88 bits per heavy atom. The average molecular weight is 240 g/mol. The van der Waals surface area contributed by atoms with Gasteiger partial charge in [-0.05, 0) is 12.8 Å². The van der Waals surface area contributed by atoms with Gasteiger partial charge in [-0.3, -0.25) is 14.4 Å². The van der Waals surface area contributed by atoms with Gasteiger partial charge < -0.3 is 14.3 Å². The third-order valence-corrected chi connectivity index (χ3v) is 3.52. The molecule has 0 spiro atoms. The van der Waals surface area contributed by atoms with Crippen molar-refractivity contribution in [3.63, 3.8) is 0 Å². The first-order valence-corrected chi connectivity index (χ1v) is 5.37. The van der Waals surface area contributed by atoms with Crippen molar-refractivity contribution in [2.45, 2.75) is 12.8 Å². The van der Waals surface area contributed by atoms with Crippen molar-refractivity contribution in [3.05, 3.63) is 0 Å². The van der Waals surface area contributed by atoms with E-state index in [-0.39, 0.29) is 12.8 Å². The fourth-order valence-electron chi connectivity index (χ4n) is 2.58. The van der Waals surface area contributed by atoms with Crippen LogP contribution in [0.2, 0.25) is 0 Å². The number of hydrogen-bond donors (Lipinski definition) is 0. The van der Waals surface area contributed by atoms with Crippen LogP contribution < -0.4 is 0 Å². The third kappa shape index (κ3) is 1.83. The molecule has 0 amide bonds. The second-order valence-electron chi connectivity index (χ2n) is 4.35. The highest BCUT2D eigenvalue weighted by Crippen LogP contribution is 2.42. The van der Waals surface area contributed by atoms with Crippen LogP contribution in [0.25, 0.3) is 0 Å². The van der Waals surface area contributed by atoms with Crippen LogP contribution in [0.5, 0.6) is 0 Å². The van der Waals surface area contributed by atoms with Crippen LogP contribution in [0, 0.1) is 23.7 Å². The molecular weight excluding hydrogens is 228 g/mol. The highest BCUT2D eigenvalue weighted by molar-refractivity contribution is 5.97. The van der Waals surface area contributed by atoms with Crippen molar-refractivity contribution in [2.75, 3.05) is 7.11 Å². The number of ether oxygens (including phenoxy) is 2. The van der Waals surface area contributed by atoms with E-state index in [2.05, 4.69) is 9.47 Å². The van der Waals surface area contributed by atoms with Gasteiger partial charge in [-0.15, -0.1) is 0 Å². The minimum atomic E-state index is -0.655. The summed E-state index contributed by atoms with van der Waals surface area (Å²) in [6, 6.07) is 0. The van der Waals surface area contributed by atoms with Gasteiger partial charge in [0.2, 0.25) is 0 Å². The molecule has 4 unspecified atom stereocenters. The first kappa shape index (κ1) is 11.8. The molecule has 0 N–H and O–H groups in total. The summed E-state index contributed by atoms with van der Waals surface area (Å²) in [6.45, 7) is 0. The Balaban J connectivity index is 2.22. The third-order valence-electron chi connectivity index (χ3n) is 3.52. The lowest BCUT2D eigenvalue weighted by atomic mass is 9.69. The smallest absolute Gasteiger partial charge is 0.317 e. The zero-order valence-electron chi connectivity index (χ0n) is 9.25.